The number of halogens is 3. The normalized spacial score (nSPS) is 20.2. The van der Waals surface area contributed by atoms with Crippen molar-refractivity contribution in [3.8, 4) is 0 Å². The first-order chi connectivity index (χ1) is 13.0. The summed E-state index contributed by atoms with van der Waals surface area (Å²) in [5.41, 5.74) is 0.263. The lowest BCUT2D eigenvalue weighted by Gasteiger charge is -2.35. The smallest absolute Gasteiger partial charge is 0.390 e. The summed E-state index contributed by atoms with van der Waals surface area (Å²) >= 11 is 0. The highest BCUT2D eigenvalue weighted by Gasteiger charge is 2.34. The minimum Gasteiger partial charge on any atom is -0.390 e. The van der Waals surface area contributed by atoms with Gasteiger partial charge in [-0.15, -0.1) is 0 Å². The number of alkyl halides is 3. The molecule has 0 unspecified atom stereocenters. The topological polar surface area (TPSA) is 48.7 Å². The molecule has 0 saturated carbocycles. The molecule has 7 heteroatoms. The Hall–Kier alpha value is -2.15. The van der Waals surface area contributed by atoms with Crippen LogP contribution in [0.15, 0.2) is 35.5 Å². The van der Waals surface area contributed by atoms with Crippen LogP contribution in [0.1, 0.15) is 39.2 Å². The van der Waals surface area contributed by atoms with E-state index in [0.29, 0.717) is 30.8 Å². The van der Waals surface area contributed by atoms with Gasteiger partial charge in [-0.05, 0) is 56.9 Å². The third-order valence-corrected chi connectivity index (χ3v) is 4.94. The number of hydrogen-bond acceptors (Lipinski definition) is 4. The van der Waals surface area contributed by atoms with Gasteiger partial charge in [-0.3, -0.25) is 9.98 Å². The van der Waals surface area contributed by atoms with E-state index < -0.39 is 17.3 Å². The zero-order valence-corrected chi connectivity index (χ0v) is 16.4. The largest absolute Gasteiger partial charge is 0.418 e. The van der Waals surface area contributed by atoms with E-state index in [2.05, 4.69) is 21.8 Å². The Morgan fingerprint density at radius 1 is 1.25 bits per heavy atom. The van der Waals surface area contributed by atoms with Gasteiger partial charge in [0.2, 0.25) is 0 Å². The van der Waals surface area contributed by atoms with Gasteiger partial charge in [0.25, 0.3) is 0 Å². The number of hydrogen-bond donors (Lipinski definition) is 1. The van der Waals surface area contributed by atoms with Crippen molar-refractivity contribution in [2.75, 3.05) is 24.5 Å². The number of piperidine rings is 1. The van der Waals surface area contributed by atoms with E-state index in [-0.39, 0.29) is 5.52 Å². The second-order valence-electron chi connectivity index (χ2n) is 8.23. The van der Waals surface area contributed by atoms with Crippen LogP contribution in [0.3, 0.4) is 0 Å². The van der Waals surface area contributed by atoms with Gasteiger partial charge >= 0.3 is 6.18 Å². The summed E-state index contributed by atoms with van der Waals surface area (Å²) in [6.07, 6.45) is -1.62. The minimum atomic E-state index is -4.44. The van der Waals surface area contributed by atoms with Crippen LogP contribution in [-0.2, 0) is 6.18 Å². The molecule has 1 aromatic carbocycles. The van der Waals surface area contributed by atoms with Crippen molar-refractivity contribution in [1.29, 1.82) is 0 Å². The van der Waals surface area contributed by atoms with Crippen LogP contribution in [0.25, 0.3) is 10.9 Å². The second-order valence-corrected chi connectivity index (χ2v) is 8.23. The van der Waals surface area contributed by atoms with Gasteiger partial charge in [0, 0.05) is 36.1 Å². The summed E-state index contributed by atoms with van der Waals surface area (Å²) in [5, 5.41) is 10.4. The van der Waals surface area contributed by atoms with Crippen molar-refractivity contribution < 1.29 is 18.3 Å². The molecule has 1 aliphatic rings. The number of aliphatic imine (C=N–C) groups is 1. The molecule has 0 radical (unpaired) electrons. The number of aromatic nitrogens is 1. The molecule has 1 fully saturated rings. The Balaban J connectivity index is 1.92. The predicted octanol–water partition coefficient (Wildman–Crippen LogP) is 4.70. The maximum atomic E-state index is 13.4. The Morgan fingerprint density at radius 2 is 2.00 bits per heavy atom. The molecule has 0 amide bonds. The number of nitrogens with zero attached hydrogens (tertiary/aromatic N) is 3. The van der Waals surface area contributed by atoms with Crippen molar-refractivity contribution in [3.05, 3.63) is 36.0 Å². The van der Waals surface area contributed by atoms with Crippen LogP contribution in [0.4, 0.5) is 18.9 Å². The zero-order valence-electron chi connectivity index (χ0n) is 16.4. The minimum absolute atomic E-state index is 0.0220. The number of aliphatic hydroxyl groups is 1. The van der Waals surface area contributed by atoms with Crippen molar-refractivity contribution in [1.82, 2.24) is 4.98 Å². The molecule has 1 aromatic heterocycles. The average molecular weight is 393 g/mol. The standard InChI is InChI=1S/C21H26F3N3O/c1-14-11-15(25-10-8-20(2,3)28)13-27(12-14)18-7-6-17(21(22,23)24)19-16(18)5-4-9-26-19/h4-7,9,14,28H,8,10-13H2,1-3H3/t14-/m0/s1. The fourth-order valence-electron chi connectivity index (χ4n) is 3.64. The maximum Gasteiger partial charge on any atom is 0.418 e. The van der Waals surface area contributed by atoms with Gasteiger partial charge in [-0.25, -0.2) is 0 Å². The number of fused-ring (bicyclic) bond motifs is 1. The first kappa shape index (κ1) is 20.6. The summed E-state index contributed by atoms with van der Waals surface area (Å²) in [7, 11) is 0. The highest BCUT2D eigenvalue weighted by atomic mass is 19.4. The summed E-state index contributed by atoms with van der Waals surface area (Å²) in [4.78, 5) is 10.7. The summed E-state index contributed by atoms with van der Waals surface area (Å²) in [6, 6.07) is 6.02. The van der Waals surface area contributed by atoms with Crippen LogP contribution in [0.2, 0.25) is 0 Å². The van der Waals surface area contributed by atoms with Gasteiger partial charge in [0.1, 0.15) is 0 Å². The summed E-state index contributed by atoms with van der Waals surface area (Å²) in [5.74, 6) is 0.337. The zero-order chi connectivity index (χ0) is 20.5. The van der Waals surface area contributed by atoms with Crippen molar-refractivity contribution in [2.24, 2.45) is 10.9 Å². The van der Waals surface area contributed by atoms with E-state index in [1.165, 1.54) is 6.20 Å². The molecule has 1 N–H and O–H groups in total. The predicted molar refractivity (Wildman–Crippen MR) is 106 cm³/mol. The molecular formula is C21H26F3N3O. The first-order valence-corrected chi connectivity index (χ1v) is 9.49. The molecule has 1 atom stereocenters. The van der Waals surface area contributed by atoms with Crippen LogP contribution in [0, 0.1) is 5.92 Å². The van der Waals surface area contributed by atoms with E-state index in [9.17, 15) is 18.3 Å². The average Bonchev–Trinajstić information content (AvgIpc) is 2.58. The SMILES string of the molecule is C[C@H]1CC(=NCCC(C)(C)O)CN(c2ccc(C(F)(F)F)c3ncccc23)C1. The lowest BCUT2D eigenvalue weighted by atomic mass is 9.96. The number of benzene rings is 1. The van der Waals surface area contributed by atoms with Crippen LogP contribution < -0.4 is 4.90 Å². The van der Waals surface area contributed by atoms with Crippen LogP contribution >= 0.6 is 0 Å². The highest BCUT2D eigenvalue weighted by molar-refractivity contribution is 5.97. The van der Waals surface area contributed by atoms with Crippen LogP contribution in [-0.4, -0.2) is 41.0 Å². The Bertz CT molecular complexity index is 871. The quantitative estimate of drug-likeness (QED) is 0.819. The lowest BCUT2D eigenvalue weighted by molar-refractivity contribution is -0.136. The summed E-state index contributed by atoms with van der Waals surface area (Å²) < 4.78 is 40.1. The van der Waals surface area contributed by atoms with Crippen LogP contribution in [0.5, 0.6) is 0 Å². The first-order valence-electron chi connectivity index (χ1n) is 9.49. The fourth-order valence-corrected chi connectivity index (χ4v) is 3.64. The molecule has 2 heterocycles. The van der Waals surface area contributed by atoms with E-state index >= 15 is 0 Å². The highest BCUT2D eigenvalue weighted by Crippen LogP contribution is 2.38. The van der Waals surface area contributed by atoms with Crippen molar-refractivity contribution >= 4 is 22.3 Å². The monoisotopic (exact) mass is 393 g/mol. The molecule has 2 aromatic rings. The van der Waals surface area contributed by atoms with Gasteiger partial charge in [-0.2, -0.15) is 13.2 Å². The van der Waals surface area contributed by atoms with Crippen molar-refractivity contribution in [2.45, 2.75) is 45.4 Å². The van der Waals surface area contributed by atoms with Gasteiger partial charge in [-0.1, -0.05) is 6.92 Å². The molecule has 0 aliphatic carbocycles. The lowest BCUT2D eigenvalue weighted by Crippen LogP contribution is -2.40. The Morgan fingerprint density at radius 3 is 2.68 bits per heavy atom. The molecule has 4 nitrogen and oxygen atoms in total. The van der Waals surface area contributed by atoms with E-state index in [1.807, 2.05) is 0 Å². The molecule has 0 spiro atoms. The molecule has 28 heavy (non-hydrogen) atoms. The van der Waals surface area contributed by atoms with E-state index in [4.69, 9.17) is 0 Å². The molecular weight excluding hydrogens is 367 g/mol. The Labute approximate surface area is 163 Å². The van der Waals surface area contributed by atoms with E-state index in [0.717, 1.165) is 30.4 Å². The number of rotatable bonds is 4. The Kier molecular flexibility index (Phi) is 5.66. The third-order valence-electron chi connectivity index (χ3n) is 4.94. The molecule has 152 valence electrons. The third kappa shape index (κ3) is 4.82. The molecule has 1 saturated heterocycles. The second kappa shape index (κ2) is 7.70. The fraction of sp³-hybridized carbons (Fsp3) is 0.524. The number of pyridine rings is 1. The molecule has 1 aliphatic heterocycles. The number of anilines is 1. The van der Waals surface area contributed by atoms with E-state index in [1.54, 1.807) is 32.0 Å². The maximum absolute atomic E-state index is 13.4. The molecule has 0 bridgehead atoms. The summed E-state index contributed by atoms with van der Waals surface area (Å²) in [6.45, 7) is 7.48. The van der Waals surface area contributed by atoms with Gasteiger partial charge in [0.15, 0.2) is 0 Å². The van der Waals surface area contributed by atoms with Crippen molar-refractivity contribution in [3.63, 3.8) is 0 Å². The van der Waals surface area contributed by atoms with Gasteiger partial charge in [0.05, 0.1) is 23.2 Å². The van der Waals surface area contributed by atoms with Gasteiger partial charge < -0.3 is 10.0 Å². The molecule has 3 rings (SSSR count).